The van der Waals surface area contributed by atoms with Crippen LogP contribution in [0.5, 0.6) is 5.88 Å². The predicted octanol–water partition coefficient (Wildman–Crippen LogP) is 3.04. The van der Waals surface area contributed by atoms with Crippen LogP contribution in [0.4, 0.5) is 0 Å². The van der Waals surface area contributed by atoms with E-state index in [0.717, 1.165) is 12.3 Å². The van der Waals surface area contributed by atoms with Gasteiger partial charge in [0.05, 0.1) is 12.8 Å². The lowest BCUT2D eigenvalue weighted by atomic mass is 9.95. The Kier molecular flexibility index (Phi) is 5.42. The van der Waals surface area contributed by atoms with Crippen LogP contribution in [-0.4, -0.2) is 33.9 Å². The number of hydrogen-bond acceptors (Lipinski definition) is 4. The molecule has 1 aromatic rings. The van der Waals surface area contributed by atoms with Crippen molar-refractivity contribution >= 4 is 12.1 Å². The molecule has 0 aromatic carbocycles. The molecule has 2 fully saturated rings. The van der Waals surface area contributed by atoms with Gasteiger partial charge in [0, 0.05) is 17.8 Å². The summed E-state index contributed by atoms with van der Waals surface area (Å²) in [6.07, 6.45) is 10.1. The second-order valence-electron chi connectivity index (χ2n) is 8.90. The fraction of sp³-hybridized carbons (Fsp3) is 0.700. The van der Waals surface area contributed by atoms with Gasteiger partial charge in [-0.1, -0.05) is 20.3 Å². The van der Waals surface area contributed by atoms with Crippen LogP contribution in [0.2, 0.25) is 0 Å². The lowest BCUT2D eigenvalue weighted by Crippen LogP contribution is -2.38. The van der Waals surface area contributed by atoms with Crippen molar-refractivity contribution in [2.24, 2.45) is 23.5 Å². The molecule has 1 heterocycles. The van der Waals surface area contributed by atoms with E-state index in [1.807, 2.05) is 19.9 Å². The van der Waals surface area contributed by atoms with Crippen molar-refractivity contribution in [2.75, 3.05) is 6.61 Å². The number of carbonyl (C=O) groups is 1. The van der Waals surface area contributed by atoms with Gasteiger partial charge in [0.2, 0.25) is 5.88 Å². The highest BCUT2D eigenvalue weighted by Gasteiger charge is 2.40. The number of fused-ring (bicyclic) bond motifs is 2. The summed E-state index contributed by atoms with van der Waals surface area (Å²) < 4.78 is 7.53. The molecular formula is C20H32N4O2. The largest absolute Gasteiger partial charge is 0.477 e. The van der Waals surface area contributed by atoms with Gasteiger partial charge in [-0.05, 0) is 56.9 Å². The van der Waals surface area contributed by atoms with Gasteiger partial charge in [-0.3, -0.25) is 4.79 Å². The Balaban J connectivity index is 1.77. The van der Waals surface area contributed by atoms with Crippen molar-refractivity contribution < 1.29 is 9.53 Å². The van der Waals surface area contributed by atoms with Gasteiger partial charge < -0.3 is 15.8 Å². The number of amides is 1. The first-order valence-electron chi connectivity index (χ1n) is 9.72. The smallest absolute Gasteiger partial charge is 0.258 e. The van der Waals surface area contributed by atoms with Gasteiger partial charge in [-0.2, -0.15) is 5.10 Å². The molecule has 2 saturated carbocycles. The lowest BCUT2D eigenvalue weighted by Gasteiger charge is -2.22. The third-order valence-corrected chi connectivity index (χ3v) is 5.25. The first kappa shape index (κ1) is 19.0. The average Bonchev–Trinajstić information content (AvgIpc) is 3.25. The molecule has 144 valence electrons. The maximum atomic E-state index is 12.9. The molecule has 26 heavy (non-hydrogen) atoms. The molecular weight excluding hydrogens is 328 g/mol. The number of nitrogens with one attached hydrogen (secondary N) is 1. The minimum absolute atomic E-state index is 0.0898. The number of rotatable bonds is 7. The number of nitrogens with zero attached hydrogens (tertiary/aromatic N) is 2. The molecule has 2 bridgehead atoms. The zero-order chi connectivity index (χ0) is 18.9. The standard InChI is InChI=1S/C20H32N4O2/c1-13(2)12-26-19-16(11-22-24(19)8-7-20(3,4)21)18(25)23-17-10-14-5-6-15(17)9-14/h7-8,11,13-15,17H,5-6,9-10,12,21H2,1-4H3,(H,23,25)/b8-7+. The van der Waals surface area contributed by atoms with E-state index >= 15 is 0 Å². The predicted molar refractivity (Wildman–Crippen MR) is 103 cm³/mol. The Morgan fingerprint density at radius 3 is 2.81 bits per heavy atom. The Morgan fingerprint density at radius 2 is 2.23 bits per heavy atom. The monoisotopic (exact) mass is 360 g/mol. The summed E-state index contributed by atoms with van der Waals surface area (Å²) in [5.74, 6) is 2.18. The molecule has 1 aromatic heterocycles. The van der Waals surface area contributed by atoms with Gasteiger partial charge in [-0.25, -0.2) is 4.68 Å². The number of hydrogen-bond donors (Lipinski definition) is 2. The van der Waals surface area contributed by atoms with Crippen molar-refractivity contribution in [3.8, 4) is 5.88 Å². The van der Waals surface area contributed by atoms with Crippen molar-refractivity contribution in [1.82, 2.24) is 15.1 Å². The Bertz CT molecular complexity index is 672. The highest BCUT2D eigenvalue weighted by atomic mass is 16.5. The molecule has 3 unspecified atom stereocenters. The summed E-state index contributed by atoms with van der Waals surface area (Å²) in [6, 6.07) is 0.293. The molecule has 2 aliphatic carbocycles. The van der Waals surface area contributed by atoms with E-state index in [9.17, 15) is 4.79 Å². The van der Waals surface area contributed by atoms with Crippen LogP contribution in [0, 0.1) is 17.8 Å². The van der Waals surface area contributed by atoms with E-state index in [2.05, 4.69) is 24.3 Å². The second kappa shape index (κ2) is 7.43. The number of nitrogens with two attached hydrogens (primary N) is 1. The third kappa shape index (κ3) is 4.47. The number of carbonyl (C=O) groups excluding carboxylic acids is 1. The molecule has 6 heteroatoms. The summed E-state index contributed by atoms with van der Waals surface area (Å²) in [4.78, 5) is 12.9. The summed E-state index contributed by atoms with van der Waals surface area (Å²) in [7, 11) is 0. The van der Waals surface area contributed by atoms with E-state index in [1.54, 1.807) is 17.1 Å². The Hall–Kier alpha value is -1.82. The molecule has 1 amide bonds. The SMILES string of the molecule is CC(C)COc1c(C(=O)NC2CC3CCC2C3)cnn1/C=C/C(C)(C)N. The number of ether oxygens (including phenoxy) is 1. The Morgan fingerprint density at radius 1 is 1.46 bits per heavy atom. The maximum Gasteiger partial charge on any atom is 0.258 e. The quantitative estimate of drug-likeness (QED) is 0.783. The number of aromatic nitrogens is 2. The highest BCUT2D eigenvalue weighted by molar-refractivity contribution is 5.96. The van der Waals surface area contributed by atoms with E-state index in [4.69, 9.17) is 10.5 Å². The third-order valence-electron chi connectivity index (χ3n) is 5.25. The van der Waals surface area contributed by atoms with Crippen LogP contribution < -0.4 is 15.8 Å². The topological polar surface area (TPSA) is 82.2 Å². The van der Waals surface area contributed by atoms with Crippen LogP contribution in [0.25, 0.3) is 6.20 Å². The van der Waals surface area contributed by atoms with E-state index in [1.165, 1.54) is 19.3 Å². The minimum Gasteiger partial charge on any atom is -0.477 e. The molecule has 3 atom stereocenters. The van der Waals surface area contributed by atoms with Crippen molar-refractivity contribution in [1.29, 1.82) is 0 Å². The molecule has 0 spiro atoms. The van der Waals surface area contributed by atoms with Gasteiger partial charge in [0.15, 0.2) is 0 Å². The molecule has 6 nitrogen and oxygen atoms in total. The summed E-state index contributed by atoms with van der Waals surface area (Å²) in [5, 5.41) is 7.55. The molecule has 2 aliphatic rings. The zero-order valence-corrected chi connectivity index (χ0v) is 16.4. The summed E-state index contributed by atoms with van der Waals surface area (Å²) >= 11 is 0. The van der Waals surface area contributed by atoms with Crippen LogP contribution in [0.15, 0.2) is 12.3 Å². The van der Waals surface area contributed by atoms with Crippen LogP contribution in [0.1, 0.15) is 63.7 Å². The molecule has 0 radical (unpaired) electrons. The molecule has 0 saturated heterocycles. The van der Waals surface area contributed by atoms with Crippen molar-refractivity contribution in [3.05, 3.63) is 17.8 Å². The van der Waals surface area contributed by atoms with Crippen LogP contribution in [0.3, 0.4) is 0 Å². The van der Waals surface area contributed by atoms with Crippen molar-refractivity contribution in [2.45, 2.75) is 65.0 Å². The molecule has 3 N–H and O–H groups in total. The first-order valence-corrected chi connectivity index (χ1v) is 9.72. The summed E-state index contributed by atoms with van der Waals surface area (Å²) in [6.45, 7) is 8.50. The van der Waals surface area contributed by atoms with E-state index in [0.29, 0.717) is 35.9 Å². The summed E-state index contributed by atoms with van der Waals surface area (Å²) in [5.41, 5.74) is 6.05. The van der Waals surface area contributed by atoms with Gasteiger partial charge >= 0.3 is 0 Å². The zero-order valence-electron chi connectivity index (χ0n) is 16.4. The fourth-order valence-electron chi connectivity index (χ4n) is 3.93. The fourth-order valence-corrected chi connectivity index (χ4v) is 3.93. The highest BCUT2D eigenvalue weighted by Crippen LogP contribution is 2.44. The normalized spacial score (nSPS) is 25.4. The van der Waals surface area contributed by atoms with Gasteiger partial charge in [0.25, 0.3) is 5.91 Å². The minimum atomic E-state index is -0.466. The molecule has 3 rings (SSSR count). The van der Waals surface area contributed by atoms with E-state index in [-0.39, 0.29) is 5.91 Å². The first-order chi connectivity index (χ1) is 12.2. The Labute approximate surface area is 156 Å². The van der Waals surface area contributed by atoms with Crippen LogP contribution in [-0.2, 0) is 0 Å². The second-order valence-corrected chi connectivity index (χ2v) is 8.90. The maximum absolute atomic E-state index is 12.9. The van der Waals surface area contributed by atoms with Gasteiger partial charge in [-0.15, -0.1) is 0 Å². The van der Waals surface area contributed by atoms with Gasteiger partial charge in [0.1, 0.15) is 5.56 Å². The average molecular weight is 361 g/mol. The van der Waals surface area contributed by atoms with Crippen LogP contribution >= 0.6 is 0 Å². The lowest BCUT2D eigenvalue weighted by molar-refractivity contribution is 0.0917. The van der Waals surface area contributed by atoms with E-state index < -0.39 is 5.54 Å². The molecule has 0 aliphatic heterocycles. The van der Waals surface area contributed by atoms with Crippen molar-refractivity contribution in [3.63, 3.8) is 0 Å².